The topological polar surface area (TPSA) is 133 Å². The van der Waals surface area contributed by atoms with Gasteiger partial charge in [-0.3, -0.25) is 23.8 Å². The van der Waals surface area contributed by atoms with E-state index < -0.39 is 49.0 Å². The summed E-state index contributed by atoms with van der Waals surface area (Å²) < 4.78 is 19.3. The van der Waals surface area contributed by atoms with E-state index in [0.29, 0.717) is 49.8 Å². The minimum Gasteiger partial charge on any atom is -0.480 e. The lowest BCUT2D eigenvalue weighted by Gasteiger charge is -2.39. The van der Waals surface area contributed by atoms with E-state index in [4.69, 9.17) is 4.52 Å². The third kappa shape index (κ3) is 5.35. The van der Waals surface area contributed by atoms with Crippen LogP contribution in [0.25, 0.3) is 0 Å². The molecular weight excluding hydrogens is 531 g/mol. The Balaban J connectivity index is 1.51. The molecule has 1 saturated carbocycles. The van der Waals surface area contributed by atoms with Gasteiger partial charge in [-0.15, -0.1) is 0 Å². The number of hydrogen-bond donors (Lipinski definition) is 3. The van der Waals surface area contributed by atoms with E-state index in [2.05, 4.69) is 5.32 Å². The zero-order chi connectivity index (χ0) is 28.5. The molecule has 3 atom stereocenters. The molecule has 0 bridgehead atoms. The summed E-state index contributed by atoms with van der Waals surface area (Å²) in [5.74, 6) is -2.11. The molecule has 0 radical (unpaired) electrons. The number of para-hydroxylation sites is 1. The van der Waals surface area contributed by atoms with Gasteiger partial charge in [0.25, 0.3) is 0 Å². The Bertz CT molecular complexity index is 1350. The van der Waals surface area contributed by atoms with Crippen molar-refractivity contribution in [2.75, 3.05) is 18.1 Å². The van der Waals surface area contributed by atoms with Gasteiger partial charge in [0, 0.05) is 5.69 Å². The van der Waals surface area contributed by atoms with Gasteiger partial charge >= 0.3 is 13.6 Å². The minimum absolute atomic E-state index is 0.0242. The molecule has 214 valence electrons. The largest absolute Gasteiger partial charge is 0.480 e. The lowest BCUT2D eigenvalue weighted by molar-refractivity contribution is -0.137. The molecule has 5 rings (SSSR count). The second kappa shape index (κ2) is 11.5. The summed E-state index contributed by atoms with van der Waals surface area (Å²) in [5, 5.41) is 12.5. The molecule has 2 unspecified atom stereocenters. The van der Waals surface area contributed by atoms with Gasteiger partial charge in [-0.1, -0.05) is 49.2 Å². The first-order valence-electron chi connectivity index (χ1n) is 14.2. The Morgan fingerprint density at radius 2 is 1.80 bits per heavy atom. The Labute approximate surface area is 234 Å². The predicted octanol–water partition coefficient (Wildman–Crippen LogP) is 4.55. The third-order valence-electron chi connectivity index (χ3n) is 8.70. The van der Waals surface area contributed by atoms with Gasteiger partial charge in [0.15, 0.2) is 0 Å². The van der Waals surface area contributed by atoms with E-state index in [1.54, 1.807) is 19.1 Å². The van der Waals surface area contributed by atoms with Crippen LogP contribution in [0.15, 0.2) is 42.5 Å². The van der Waals surface area contributed by atoms with Gasteiger partial charge in [-0.25, -0.2) is 0 Å². The number of nitrogens with one attached hydrogen (secondary N) is 1. The maximum atomic E-state index is 14.3. The van der Waals surface area contributed by atoms with Crippen LogP contribution >= 0.6 is 7.60 Å². The number of aryl methyl sites for hydroxylation is 3. The number of carbonyl (C=O) groups excluding carboxylic acids is 2. The molecule has 40 heavy (non-hydrogen) atoms. The van der Waals surface area contributed by atoms with E-state index in [1.807, 2.05) is 30.3 Å². The van der Waals surface area contributed by atoms with Crippen LogP contribution in [0.4, 0.5) is 5.69 Å². The Hall–Kier alpha value is -3.00. The van der Waals surface area contributed by atoms with Crippen LogP contribution in [0.3, 0.4) is 0 Å². The molecule has 0 aromatic heterocycles. The van der Waals surface area contributed by atoms with Crippen LogP contribution in [0, 0.1) is 5.41 Å². The molecule has 2 amide bonds. The van der Waals surface area contributed by atoms with E-state index in [9.17, 15) is 28.9 Å². The monoisotopic (exact) mass is 568 g/mol. The minimum atomic E-state index is -4.31. The highest BCUT2D eigenvalue weighted by Crippen LogP contribution is 2.68. The van der Waals surface area contributed by atoms with Crippen LogP contribution in [-0.4, -0.2) is 47.0 Å². The zero-order valence-corrected chi connectivity index (χ0v) is 23.7. The van der Waals surface area contributed by atoms with Crippen molar-refractivity contribution in [3.8, 4) is 0 Å². The van der Waals surface area contributed by atoms with Crippen molar-refractivity contribution in [2.24, 2.45) is 5.41 Å². The summed E-state index contributed by atoms with van der Waals surface area (Å²) in [6, 6.07) is 12.0. The molecule has 0 spiro atoms. The predicted molar refractivity (Wildman–Crippen MR) is 150 cm³/mol. The number of anilines is 1. The van der Waals surface area contributed by atoms with E-state index in [1.165, 1.54) is 10.5 Å². The van der Waals surface area contributed by atoms with Crippen molar-refractivity contribution in [3.63, 3.8) is 0 Å². The maximum absolute atomic E-state index is 14.3. The smallest absolute Gasteiger partial charge is 0.336 e. The molecule has 2 aromatic rings. The fraction of sp³-hybridized carbons (Fsp3) is 0.500. The number of fused-ring (bicyclic) bond motifs is 2. The van der Waals surface area contributed by atoms with E-state index in [-0.39, 0.29) is 6.61 Å². The van der Waals surface area contributed by atoms with Crippen molar-refractivity contribution in [3.05, 3.63) is 64.7 Å². The molecule has 3 aliphatic rings. The van der Waals surface area contributed by atoms with Crippen molar-refractivity contribution in [1.29, 1.82) is 0 Å². The van der Waals surface area contributed by atoms with Crippen molar-refractivity contribution < 1.29 is 33.5 Å². The van der Waals surface area contributed by atoms with E-state index in [0.717, 1.165) is 30.4 Å². The summed E-state index contributed by atoms with van der Waals surface area (Å²) in [4.78, 5) is 52.2. The quantitative estimate of drug-likeness (QED) is 0.378. The molecule has 10 heteroatoms. The first-order valence-corrected chi connectivity index (χ1v) is 15.8. The molecule has 1 heterocycles. The Kier molecular flexibility index (Phi) is 8.18. The normalized spacial score (nSPS) is 22.1. The number of carboxylic acids is 1. The average Bonchev–Trinajstić information content (AvgIpc) is 3.57. The number of aliphatic carboxylic acids is 1. The zero-order valence-electron chi connectivity index (χ0n) is 22.8. The molecule has 1 fully saturated rings. The fourth-order valence-corrected chi connectivity index (χ4v) is 8.98. The Morgan fingerprint density at radius 1 is 1.07 bits per heavy atom. The summed E-state index contributed by atoms with van der Waals surface area (Å²) >= 11 is 0. The van der Waals surface area contributed by atoms with Crippen molar-refractivity contribution >= 4 is 31.1 Å². The van der Waals surface area contributed by atoms with Gasteiger partial charge in [0.1, 0.15) is 18.2 Å². The third-order valence-corrected chi connectivity index (χ3v) is 10.8. The fourth-order valence-electron chi connectivity index (χ4n) is 6.92. The van der Waals surface area contributed by atoms with Gasteiger partial charge in [0.2, 0.25) is 11.8 Å². The lowest BCUT2D eigenvalue weighted by atomic mass is 9.77. The number of hydrogen-bond acceptors (Lipinski definition) is 5. The first kappa shape index (κ1) is 28.5. The molecule has 3 N–H and O–H groups in total. The summed E-state index contributed by atoms with van der Waals surface area (Å²) in [7, 11) is -4.31. The molecule has 2 aromatic carbocycles. The number of carboxylic acid groups (broad SMARTS) is 1. The average molecular weight is 569 g/mol. The van der Waals surface area contributed by atoms with Gasteiger partial charge in [0.05, 0.1) is 12.0 Å². The number of rotatable bonds is 9. The molecule has 9 nitrogen and oxygen atoms in total. The van der Waals surface area contributed by atoms with Crippen molar-refractivity contribution in [2.45, 2.75) is 76.4 Å². The highest BCUT2D eigenvalue weighted by atomic mass is 31.2. The van der Waals surface area contributed by atoms with Crippen molar-refractivity contribution in [1.82, 2.24) is 5.32 Å². The van der Waals surface area contributed by atoms with Crippen LogP contribution in [0.1, 0.15) is 73.4 Å². The number of benzene rings is 2. The van der Waals surface area contributed by atoms with E-state index >= 15 is 0 Å². The summed E-state index contributed by atoms with van der Waals surface area (Å²) in [6.45, 7) is 1.15. The number of amides is 2. The van der Waals surface area contributed by atoms with Crippen LogP contribution in [0.5, 0.6) is 0 Å². The SMILES string of the molecule is CCOP(=O)(O)C(c1ccc2c(c1)CCC2)C1(C(=O)N[C@H]2CCc3ccccc3N(CC(=O)O)C2=O)CCCC1. The highest BCUT2D eigenvalue weighted by molar-refractivity contribution is 7.53. The molecule has 0 saturated heterocycles. The number of carbonyl (C=O) groups is 3. The number of nitrogens with zero attached hydrogens (tertiary/aromatic N) is 1. The van der Waals surface area contributed by atoms with Crippen LogP contribution in [-0.2, 0) is 42.7 Å². The van der Waals surface area contributed by atoms with Crippen LogP contribution < -0.4 is 10.2 Å². The molecular formula is C30H37N2O7P. The molecule has 1 aliphatic heterocycles. The second-order valence-corrected chi connectivity index (χ2v) is 13.0. The first-order chi connectivity index (χ1) is 19.2. The van der Waals surface area contributed by atoms with Crippen LogP contribution in [0.2, 0.25) is 0 Å². The second-order valence-electron chi connectivity index (χ2n) is 11.1. The van der Waals surface area contributed by atoms with Gasteiger partial charge < -0.3 is 19.8 Å². The summed E-state index contributed by atoms with van der Waals surface area (Å²) in [5.41, 5.74) is 1.99. The Morgan fingerprint density at radius 3 is 2.52 bits per heavy atom. The maximum Gasteiger partial charge on any atom is 0.336 e. The highest BCUT2D eigenvalue weighted by Gasteiger charge is 2.56. The standard InChI is InChI=1S/C30H37N2O7P/c1-2-39-40(37,38)27(23-13-12-20-9-7-10-22(20)18-23)30(16-5-6-17-30)29(36)31-24-15-14-21-8-3-4-11-25(21)32(28(24)35)19-26(33)34/h3-4,8,11-13,18,24,27H,2,5-7,9-10,14-17,19H2,1H3,(H,31,36)(H,33,34)(H,37,38)/t24-,27?/m0/s1. The molecule has 2 aliphatic carbocycles. The van der Waals surface area contributed by atoms with Gasteiger partial charge in [-0.2, -0.15) is 0 Å². The lowest BCUT2D eigenvalue weighted by Crippen LogP contribution is -2.53. The summed E-state index contributed by atoms with van der Waals surface area (Å²) in [6.07, 6.45) is 5.82. The van der Waals surface area contributed by atoms with Gasteiger partial charge in [-0.05, 0) is 80.2 Å².